The van der Waals surface area contributed by atoms with Crippen molar-refractivity contribution < 1.29 is 18.4 Å². The van der Waals surface area contributed by atoms with Crippen molar-refractivity contribution in [1.29, 1.82) is 0 Å². The van der Waals surface area contributed by atoms with Gasteiger partial charge in [-0.25, -0.2) is 8.78 Å². The lowest BCUT2D eigenvalue weighted by Crippen LogP contribution is -2.55. The van der Waals surface area contributed by atoms with Gasteiger partial charge in [-0.15, -0.1) is 0 Å². The number of amides is 2. The van der Waals surface area contributed by atoms with Gasteiger partial charge in [-0.3, -0.25) is 9.59 Å². The summed E-state index contributed by atoms with van der Waals surface area (Å²) < 4.78 is 30.7. The number of aryl methyl sites for hydroxylation is 1. The van der Waals surface area contributed by atoms with E-state index in [1.54, 1.807) is 42.2 Å². The number of nitrogens with zero attached hydrogens (tertiary/aromatic N) is 2. The molecule has 2 N–H and O–H groups in total. The number of carbonyl (C=O) groups excluding carboxylic acids is 2. The van der Waals surface area contributed by atoms with Gasteiger partial charge in [-0.2, -0.15) is 0 Å². The van der Waals surface area contributed by atoms with Gasteiger partial charge in [0.2, 0.25) is 5.91 Å². The highest BCUT2D eigenvalue weighted by molar-refractivity contribution is 5.98. The van der Waals surface area contributed by atoms with Crippen molar-refractivity contribution in [3.05, 3.63) is 83.1 Å². The summed E-state index contributed by atoms with van der Waals surface area (Å²) in [5.74, 6) is -2.40. The average Bonchev–Trinajstić information content (AvgIpc) is 3.73. The molecule has 4 aliphatic rings. The smallest absolute Gasteiger partial charge is 0.257 e. The van der Waals surface area contributed by atoms with Crippen molar-refractivity contribution in [1.82, 2.24) is 10.2 Å². The van der Waals surface area contributed by atoms with Gasteiger partial charge in [0.25, 0.3) is 5.91 Å². The van der Waals surface area contributed by atoms with Crippen LogP contribution in [0, 0.1) is 30.4 Å². The van der Waals surface area contributed by atoms with E-state index in [4.69, 9.17) is 0 Å². The molecule has 3 atom stereocenters. The highest BCUT2D eigenvalue weighted by Crippen LogP contribution is 2.37. The van der Waals surface area contributed by atoms with Crippen LogP contribution in [-0.2, 0) is 4.79 Å². The monoisotopic (exact) mass is 588 g/mol. The van der Waals surface area contributed by atoms with Gasteiger partial charge in [0.05, 0.1) is 28.9 Å². The Morgan fingerprint density at radius 1 is 0.907 bits per heavy atom. The number of anilines is 2. The standard InChI is InChI=1S/C35H42F2N4O2/c1-23-9-6-13-28(36)31(23)35(43)41-22-8-12-27(33(41)24-16-18-26(19-17-24)38-25-10-2-3-11-25)34(42)39-29-14-7-15-30(32(29)37)40-20-4-5-21-40/h6-7,9,13-16,18-19,24-25,27,33,38H,2-5,8,10-12,17,20-22H2,1H3,(H,39,42)/t24-,27?,33?/m1/s1. The molecule has 6 nitrogen and oxygen atoms in total. The molecule has 2 aliphatic heterocycles. The predicted molar refractivity (Wildman–Crippen MR) is 166 cm³/mol. The van der Waals surface area contributed by atoms with Gasteiger partial charge in [0, 0.05) is 37.3 Å². The third-order valence-electron chi connectivity index (χ3n) is 9.70. The number of allylic oxidation sites excluding steroid dienone is 2. The minimum atomic E-state index is -0.577. The fraction of sp³-hybridized carbons (Fsp3) is 0.486. The van der Waals surface area contributed by atoms with Crippen LogP contribution in [-0.4, -0.2) is 48.4 Å². The third-order valence-corrected chi connectivity index (χ3v) is 9.70. The predicted octanol–water partition coefficient (Wildman–Crippen LogP) is 6.73. The van der Waals surface area contributed by atoms with Crippen LogP contribution < -0.4 is 15.5 Å². The van der Waals surface area contributed by atoms with Crippen LogP contribution in [0.2, 0.25) is 0 Å². The first kappa shape index (κ1) is 29.4. The van der Waals surface area contributed by atoms with Crippen LogP contribution in [0.15, 0.2) is 60.3 Å². The SMILES string of the molecule is Cc1cccc(F)c1C(=O)N1CCCC(C(=O)Nc2cccc(N3CCCC3)c2F)C1[C@@H]1C=CC(NC2CCCC2)=CC1. The van der Waals surface area contributed by atoms with E-state index in [1.165, 1.54) is 31.7 Å². The quantitative estimate of drug-likeness (QED) is 0.377. The molecule has 2 aliphatic carbocycles. The van der Waals surface area contributed by atoms with Crippen LogP contribution in [0.1, 0.15) is 73.7 Å². The fourth-order valence-corrected chi connectivity index (χ4v) is 7.46. The normalized spacial score (nSPS) is 24.3. The molecule has 3 fully saturated rings. The number of nitrogens with one attached hydrogen (secondary N) is 2. The summed E-state index contributed by atoms with van der Waals surface area (Å²) in [6, 6.07) is 9.76. The molecule has 2 aromatic carbocycles. The molecule has 2 unspecified atom stereocenters. The summed E-state index contributed by atoms with van der Waals surface area (Å²) in [6.45, 7) is 3.76. The summed E-state index contributed by atoms with van der Waals surface area (Å²) in [5.41, 5.74) is 2.35. The molecule has 0 radical (unpaired) electrons. The van der Waals surface area contributed by atoms with Gasteiger partial charge < -0.3 is 20.4 Å². The Morgan fingerprint density at radius 3 is 2.40 bits per heavy atom. The van der Waals surface area contributed by atoms with Gasteiger partial charge in [0.1, 0.15) is 5.82 Å². The van der Waals surface area contributed by atoms with Gasteiger partial charge in [-0.1, -0.05) is 43.2 Å². The third kappa shape index (κ3) is 6.20. The number of carbonyl (C=O) groups is 2. The Balaban J connectivity index is 1.28. The molecule has 1 saturated carbocycles. The van der Waals surface area contributed by atoms with E-state index in [1.807, 2.05) is 4.90 Å². The number of hydrogen-bond donors (Lipinski definition) is 2. The van der Waals surface area contributed by atoms with E-state index in [2.05, 4.69) is 28.9 Å². The topological polar surface area (TPSA) is 64.7 Å². The van der Waals surface area contributed by atoms with E-state index < -0.39 is 29.5 Å². The zero-order valence-electron chi connectivity index (χ0n) is 25.0. The molecular formula is C35H42F2N4O2. The summed E-state index contributed by atoms with van der Waals surface area (Å²) in [4.78, 5) is 31.7. The van der Waals surface area contributed by atoms with Crippen LogP contribution in [0.25, 0.3) is 0 Å². The van der Waals surface area contributed by atoms with E-state index in [-0.39, 0.29) is 23.1 Å². The van der Waals surface area contributed by atoms with Crippen LogP contribution in [0.3, 0.4) is 0 Å². The van der Waals surface area contributed by atoms with E-state index >= 15 is 8.78 Å². The van der Waals surface area contributed by atoms with Crippen molar-refractivity contribution >= 4 is 23.2 Å². The van der Waals surface area contributed by atoms with E-state index in [9.17, 15) is 9.59 Å². The fourth-order valence-electron chi connectivity index (χ4n) is 7.46. The zero-order valence-corrected chi connectivity index (χ0v) is 25.0. The van der Waals surface area contributed by atoms with Crippen molar-refractivity contribution in [2.75, 3.05) is 29.9 Å². The Kier molecular flexibility index (Phi) is 8.82. The maximum atomic E-state index is 15.6. The molecule has 43 heavy (non-hydrogen) atoms. The lowest BCUT2D eigenvalue weighted by molar-refractivity contribution is -0.123. The second kappa shape index (κ2) is 12.9. The van der Waals surface area contributed by atoms with Crippen molar-refractivity contribution in [2.45, 2.75) is 76.8 Å². The first-order chi connectivity index (χ1) is 20.9. The average molecular weight is 589 g/mol. The van der Waals surface area contributed by atoms with Crippen LogP contribution in [0.4, 0.5) is 20.2 Å². The highest BCUT2D eigenvalue weighted by Gasteiger charge is 2.43. The van der Waals surface area contributed by atoms with Crippen LogP contribution in [0.5, 0.6) is 0 Å². The molecule has 0 spiro atoms. The Bertz CT molecular complexity index is 1390. The van der Waals surface area contributed by atoms with Gasteiger partial charge >= 0.3 is 0 Å². The number of benzene rings is 2. The van der Waals surface area contributed by atoms with Gasteiger partial charge in [0.15, 0.2) is 5.82 Å². The number of likely N-dealkylation sites (tertiary alicyclic amines) is 1. The maximum absolute atomic E-state index is 15.6. The summed E-state index contributed by atoms with van der Waals surface area (Å²) in [7, 11) is 0. The first-order valence-corrected chi connectivity index (χ1v) is 16.0. The molecule has 2 aromatic rings. The Morgan fingerprint density at radius 2 is 1.67 bits per heavy atom. The molecule has 0 bridgehead atoms. The molecule has 2 amide bonds. The first-order valence-electron chi connectivity index (χ1n) is 16.0. The molecule has 8 heteroatoms. The lowest BCUT2D eigenvalue weighted by Gasteiger charge is -2.44. The van der Waals surface area contributed by atoms with E-state index in [0.29, 0.717) is 43.1 Å². The van der Waals surface area contributed by atoms with E-state index in [0.717, 1.165) is 31.6 Å². The maximum Gasteiger partial charge on any atom is 0.257 e. The largest absolute Gasteiger partial charge is 0.383 e. The lowest BCUT2D eigenvalue weighted by atomic mass is 9.77. The number of hydrogen-bond acceptors (Lipinski definition) is 4. The minimum Gasteiger partial charge on any atom is -0.383 e. The molecular weight excluding hydrogens is 546 g/mol. The summed E-state index contributed by atoms with van der Waals surface area (Å²) in [5, 5.41) is 6.52. The molecule has 2 heterocycles. The summed E-state index contributed by atoms with van der Waals surface area (Å²) in [6.07, 6.45) is 15.0. The Hall–Kier alpha value is -3.68. The second-order valence-corrected chi connectivity index (χ2v) is 12.5. The molecule has 6 rings (SSSR count). The van der Waals surface area contributed by atoms with Crippen molar-refractivity contribution in [3.63, 3.8) is 0 Å². The van der Waals surface area contributed by atoms with Crippen molar-refractivity contribution in [2.24, 2.45) is 11.8 Å². The highest BCUT2D eigenvalue weighted by atomic mass is 19.1. The molecule has 0 aromatic heterocycles. The number of halogens is 2. The Labute approximate surface area is 253 Å². The van der Waals surface area contributed by atoms with Crippen molar-refractivity contribution in [3.8, 4) is 0 Å². The molecule has 228 valence electrons. The van der Waals surface area contributed by atoms with Gasteiger partial charge in [-0.05, 0) is 81.7 Å². The molecule has 2 saturated heterocycles. The van der Waals surface area contributed by atoms with Crippen LogP contribution >= 0.6 is 0 Å². The second-order valence-electron chi connectivity index (χ2n) is 12.5. The minimum absolute atomic E-state index is 0.0526. The number of rotatable bonds is 7. The zero-order chi connectivity index (χ0) is 29.9. The summed E-state index contributed by atoms with van der Waals surface area (Å²) >= 11 is 0. The number of piperidine rings is 1.